The van der Waals surface area contributed by atoms with Gasteiger partial charge in [0.25, 0.3) is 0 Å². The SMILES string of the molecule is CC(=O)c1ccc(N(CC(=O)NCCCN(C)C)S(C)(=O)=O)cc1. The zero-order valence-electron chi connectivity index (χ0n) is 14.6. The van der Waals surface area contributed by atoms with E-state index in [0.717, 1.165) is 23.5 Å². The normalized spacial score (nSPS) is 11.4. The van der Waals surface area contributed by atoms with Crippen LogP contribution in [0.5, 0.6) is 0 Å². The van der Waals surface area contributed by atoms with E-state index in [1.54, 1.807) is 12.1 Å². The first kappa shape index (κ1) is 20.1. The van der Waals surface area contributed by atoms with Gasteiger partial charge in [0, 0.05) is 12.1 Å². The van der Waals surface area contributed by atoms with Gasteiger partial charge in [-0.3, -0.25) is 13.9 Å². The molecule has 0 bridgehead atoms. The van der Waals surface area contributed by atoms with Crippen molar-refractivity contribution >= 4 is 27.4 Å². The maximum atomic E-state index is 12.0. The van der Waals surface area contributed by atoms with E-state index in [-0.39, 0.29) is 18.2 Å². The molecule has 0 aliphatic rings. The molecular formula is C16H25N3O4S. The minimum absolute atomic E-state index is 0.105. The van der Waals surface area contributed by atoms with E-state index in [1.165, 1.54) is 19.1 Å². The van der Waals surface area contributed by atoms with Crippen LogP contribution in [0.2, 0.25) is 0 Å². The average Bonchev–Trinajstić information content (AvgIpc) is 2.48. The molecule has 1 aromatic rings. The van der Waals surface area contributed by atoms with Crippen LogP contribution in [-0.4, -0.2) is 65.0 Å². The summed E-state index contributed by atoms with van der Waals surface area (Å²) in [6.07, 6.45) is 1.83. The molecule has 0 radical (unpaired) electrons. The molecule has 0 heterocycles. The fourth-order valence-corrected chi connectivity index (χ4v) is 2.93. The monoisotopic (exact) mass is 355 g/mol. The van der Waals surface area contributed by atoms with Gasteiger partial charge in [-0.15, -0.1) is 0 Å². The smallest absolute Gasteiger partial charge is 0.240 e. The number of hydrogen-bond acceptors (Lipinski definition) is 5. The quantitative estimate of drug-likeness (QED) is 0.521. The molecule has 1 N–H and O–H groups in total. The van der Waals surface area contributed by atoms with Crippen LogP contribution in [-0.2, 0) is 14.8 Å². The number of anilines is 1. The first-order chi connectivity index (χ1) is 11.1. The number of hydrogen-bond donors (Lipinski definition) is 1. The second kappa shape index (κ2) is 8.79. The molecule has 0 fully saturated rings. The largest absolute Gasteiger partial charge is 0.354 e. The lowest BCUT2D eigenvalue weighted by Gasteiger charge is -2.22. The van der Waals surface area contributed by atoms with Gasteiger partial charge in [-0.25, -0.2) is 8.42 Å². The van der Waals surface area contributed by atoms with Crippen molar-refractivity contribution < 1.29 is 18.0 Å². The summed E-state index contributed by atoms with van der Waals surface area (Å²) in [5.41, 5.74) is 0.839. The number of sulfonamides is 1. The Balaban J connectivity index is 2.76. The summed E-state index contributed by atoms with van der Waals surface area (Å²) in [5.74, 6) is -0.471. The number of ketones is 1. The van der Waals surface area contributed by atoms with E-state index in [1.807, 2.05) is 19.0 Å². The molecule has 0 unspecified atom stereocenters. The Morgan fingerprint density at radius 3 is 2.17 bits per heavy atom. The van der Waals surface area contributed by atoms with Gasteiger partial charge in [0.2, 0.25) is 15.9 Å². The van der Waals surface area contributed by atoms with E-state index in [2.05, 4.69) is 5.32 Å². The molecule has 24 heavy (non-hydrogen) atoms. The predicted octanol–water partition coefficient (Wildman–Crippen LogP) is 0.723. The first-order valence-corrected chi connectivity index (χ1v) is 9.46. The van der Waals surface area contributed by atoms with Gasteiger partial charge in [-0.1, -0.05) is 0 Å². The third-order valence-electron chi connectivity index (χ3n) is 3.35. The molecule has 0 atom stereocenters. The summed E-state index contributed by atoms with van der Waals surface area (Å²) in [7, 11) is 0.274. The Kier molecular flexibility index (Phi) is 7.37. The van der Waals surface area contributed by atoms with Gasteiger partial charge in [-0.05, 0) is 58.3 Å². The van der Waals surface area contributed by atoms with Crippen molar-refractivity contribution in [2.24, 2.45) is 0 Å². The van der Waals surface area contributed by atoms with Gasteiger partial charge < -0.3 is 10.2 Å². The Morgan fingerprint density at radius 1 is 1.12 bits per heavy atom. The molecule has 0 aliphatic carbocycles. The summed E-state index contributed by atoms with van der Waals surface area (Å²) in [5, 5.41) is 2.71. The van der Waals surface area contributed by atoms with Crippen LogP contribution in [0.3, 0.4) is 0 Å². The van der Waals surface area contributed by atoms with Gasteiger partial charge in [0.15, 0.2) is 5.78 Å². The molecule has 0 aliphatic heterocycles. The number of carbonyl (C=O) groups is 2. The third-order valence-corrected chi connectivity index (χ3v) is 4.49. The molecule has 7 nitrogen and oxygen atoms in total. The van der Waals surface area contributed by atoms with Gasteiger partial charge in [0.05, 0.1) is 11.9 Å². The van der Waals surface area contributed by atoms with E-state index < -0.39 is 10.0 Å². The average molecular weight is 355 g/mol. The van der Waals surface area contributed by atoms with Gasteiger partial charge in [-0.2, -0.15) is 0 Å². The Labute approximate surface area is 143 Å². The maximum absolute atomic E-state index is 12.0. The highest BCUT2D eigenvalue weighted by Gasteiger charge is 2.20. The van der Waals surface area contributed by atoms with Crippen molar-refractivity contribution in [1.82, 2.24) is 10.2 Å². The minimum atomic E-state index is -3.61. The van der Waals surface area contributed by atoms with Crippen LogP contribution in [0.4, 0.5) is 5.69 Å². The van der Waals surface area contributed by atoms with Crippen molar-refractivity contribution in [3.8, 4) is 0 Å². The molecule has 0 spiro atoms. The molecule has 0 saturated heterocycles. The number of benzene rings is 1. The van der Waals surface area contributed by atoms with Gasteiger partial charge >= 0.3 is 0 Å². The highest BCUT2D eigenvalue weighted by molar-refractivity contribution is 7.92. The molecule has 134 valence electrons. The van der Waals surface area contributed by atoms with E-state index in [0.29, 0.717) is 17.8 Å². The second-order valence-corrected chi connectivity index (χ2v) is 7.79. The van der Waals surface area contributed by atoms with Crippen LogP contribution in [0, 0.1) is 0 Å². The topological polar surface area (TPSA) is 86.8 Å². The molecule has 0 saturated carbocycles. The third kappa shape index (κ3) is 6.67. The number of nitrogens with zero attached hydrogens (tertiary/aromatic N) is 2. The maximum Gasteiger partial charge on any atom is 0.240 e. The summed E-state index contributed by atoms with van der Waals surface area (Å²) < 4.78 is 25.0. The lowest BCUT2D eigenvalue weighted by atomic mass is 10.1. The summed E-state index contributed by atoms with van der Waals surface area (Å²) >= 11 is 0. The van der Waals surface area contributed by atoms with Crippen molar-refractivity contribution in [1.29, 1.82) is 0 Å². The highest BCUT2D eigenvalue weighted by atomic mass is 32.2. The fourth-order valence-electron chi connectivity index (χ4n) is 2.07. The molecule has 1 amide bonds. The van der Waals surface area contributed by atoms with Gasteiger partial charge in [0.1, 0.15) is 6.54 Å². The van der Waals surface area contributed by atoms with Crippen molar-refractivity contribution in [2.45, 2.75) is 13.3 Å². The Bertz CT molecular complexity index is 669. The summed E-state index contributed by atoms with van der Waals surface area (Å²) in [6.45, 7) is 2.46. The van der Waals surface area contributed by atoms with Crippen LogP contribution in [0.15, 0.2) is 24.3 Å². The van der Waals surface area contributed by atoms with Crippen LogP contribution >= 0.6 is 0 Å². The summed E-state index contributed by atoms with van der Waals surface area (Å²) in [4.78, 5) is 25.3. The lowest BCUT2D eigenvalue weighted by molar-refractivity contribution is -0.119. The van der Waals surface area contributed by atoms with Crippen LogP contribution in [0.25, 0.3) is 0 Å². The van der Waals surface area contributed by atoms with Crippen molar-refractivity contribution in [3.05, 3.63) is 29.8 Å². The number of Topliss-reactive ketones (excluding diaryl/α,β-unsaturated/α-hetero) is 1. The molecule has 0 aromatic heterocycles. The summed E-state index contributed by atoms with van der Waals surface area (Å²) in [6, 6.07) is 6.14. The predicted molar refractivity (Wildman–Crippen MR) is 94.8 cm³/mol. The lowest BCUT2D eigenvalue weighted by Crippen LogP contribution is -2.41. The van der Waals surface area contributed by atoms with Crippen LogP contribution in [0.1, 0.15) is 23.7 Å². The van der Waals surface area contributed by atoms with Crippen LogP contribution < -0.4 is 9.62 Å². The van der Waals surface area contributed by atoms with Crippen molar-refractivity contribution in [2.75, 3.05) is 44.3 Å². The standard InChI is InChI=1S/C16H25N3O4S/c1-13(20)14-6-8-15(9-7-14)19(24(4,22)23)12-16(21)17-10-5-11-18(2)3/h6-9H,5,10-12H2,1-4H3,(H,17,21). The zero-order valence-corrected chi connectivity index (χ0v) is 15.4. The first-order valence-electron chi connectivity index (χ1n) is 7.61. The molecule has 1 aromatic carbocycles. The van der Waals surface area contributed by atoms with Crippen molar-refractivity contribution in [3.63, 3.8) is 0 Å². The zero-order chi connectivity index (χ0) is 18.3. The minimum Gasteiger partial charge on any atom is -0.354 e. The molecule has 1 rings (SSSR count). The Morgan fingerprint density at radius 2 is 1.71 bits per heavy atom. The highest BCUT2D eigenvalue weighted by Crippen LogP contribution is 2.18. The number of nitrogens with one attached hydrogen (secondary N) is 1. The number of carbonyl (C=O) groups excluding carboxylic acids is 2. The number of amides is 1. The van der Waals surface area contributed by atoms with E-state index >= 15 is 0 Å². The Hall–Kier alpha value is -1.93. The number of rotatable bonds is 9. The second-order valence-electron chi connectivity index (χ2n) is 5.88. The molecular weight excluding hydrogens is 330 g/mol. The van der Waals surface area contributed by atoms with E-state index in [9.17, 15) is 18.0 Å². The van der Waals surface area contributed by atoms with E-state index in [4.69, 9.17) is 0 Å². The molecule has 8 heteroatoms. The fraction of sp³-hybridized carbons (Fsp3) is 0.500.